The van der Waals surface area contributed by atoms with Crippen molar-refractivity contribution >= 4 is 51.1 Å². The summed E-state index contributed by atoms with van der Waals surface area (Å²) in [5.41, 5.74) is 3.53. The smallest absolute Gasteiger partial charge is 0.309 e. The molecular formula is C34H34ClFN2O3S. The fourth-order valence-corrected chi connectivity index (χ4v) is 6.18. The zero-order valence-corrected chi connectivity index (χ0v) is 25.9. The first-order chi connectivity index (χ1) is 19.8. The normalized spacial score (nSPS) is 12.3. The number of halogens is 2. The minimum Gasteiger partial charge on any atom is -0.487 e. The van der Waals surface area contributed by atoms with E-state index in [1.54, 1.807) is 31.7 Å². The summed E-state index contributed by atoms with van der Waals surface area (Å²) in [6, 6.07) is 22.0. The van der Waals surface area contributed by atoms with Gasteiger partial charge in [-0.15, -0.1) is 11.8 Å². The Hall–Kier alpha value is -3.55. The van der Waals surface area contributed by atoms with Crippen LogP contribution in [0.3, 0.4) is 0 Å². The second-order valence-electron chi connectivity index (χ2n) is 12.2. The summed E-state index contributed by atoms with van der Waals surface area (Å²) in [5, 5.41) is 12.5. The molecule has 0 aliphatic rings. The molecule has 5 nitrogen and oxygen atoms in total. The number of aromatic nitrogens is 2. The molecule has 0 fully saturated rings. The molecule has 0 saturated heterocycles. The summed E-state index contributed by atoms with van der Waals surface area (Å²) >= 11 is 7.89. The Bertz CT molecular complexity index is 1770. The van der Waals surface area contributed by atoms with Gasteiger partial charge in [0.2, 0.25) is 0 Å². The van der Waals surface area contributed by atoms with Gasteiger partial charge in [-0.25, -0.2) is 9.37 Å². The van der Waals surface area contributed by atoms with Crippen LogP contribution in [0.4, 0.5) is 4.39 Å². The molecule has 0 aliphatic carbocycles. The second-order valence-corrected chi connectivity index (χ2v) is 14.4. The van der Waals surface area contributed by atoms with Gasteiger partial charge in [0, 0.05) is 49.6 Å². The average molecular weight is 605 g/mol. The van der Waals surface area contributed by atoms with E-state index >= 15 is 0 Å². The second kappa shape index (κ2) is 11.6. The lowest BCUT2D eigenvalue weighted by molar-refractivity contribution is -0.146. The first-order valence-corrected chi connectivity index (χ1v) is 15.0. The number of hydrogen-bond acceptors (Lipinski definition) is 4. The molecule has 0 bridgehead atoms. The predicted octanol–water partition coefficient (Wildman–Crippen LogP) is 9.15. The monoisotopic (exact) mass is 604 g/mol. The molecule has 1 N–H and O–H groups in total. The highest BCUT2D eigenvalue weighted by molar-refractivity contribution is 8.00. The maximum absolute atomic E-state index is 13.6. The van der Waals surface area contributed by atoms with E-state index in [0.717, 1.165) is 38.1 Å². The van der Waals surface area contributed by atoms with Crippen molar-refractivity contribution in [2.75, 3.05) is 0 Å². The van der Waals surface area contributed by atoms with Gasteiger partial charge >= 0.3 is 5.97 Å². The van der Waals surface area contributed by atoms with Crippen molar-refractivity contribution in [1.82, 2.24) is 9.55 Å². The average Bonchev–Trinajstić information content (AvgIpc) is 3.18. The Balaban J connectivity index is 1.57. The number of benzene rings is 3. The van der Waals surface area contributed by atoms with E-state index in [0.29, 0.717) is 29.3 Å². The van der Waals surface area contributed by atoms with Gasteiger partial charge in [-0.1, -0.05) is 50.6 Å². The van der Waals surface area contributed by atoms with Gasteiger partial charge in [-0.05, 0) is 74.0 Å². The van der Waals surface area contributed by atoms with E-state index in [9.17, 15) is 14.3 Å². The molecular weight excluding hydrogens is 571 g/mol. The lowest BCUT2D eigenvalue weighted by Crippen LogP contribution is -2.28. The molecule has 42 heavy (non-hydrogen) atoms. The van der Waals surface area contributed by atoms with Gasteiger partial charge in [-0.2, -0.15) is 0 Å². The number of fused-ring (bicyclic) bond motifs is 2. The van der Waals surface area contributed by atoms with Crippen LogP contribution in [-0.2, 0) is 24.4 Å². The van der Waals surface area contributed by atoms with Gasteiger partial charge < -0.3 is 14.4 Å². The van der Waals surface area contributed by atoms with E-state index in [1.807, 2.05) is 54.6 Å². The van der Waals surface area contributed by atoms with Crippen LogP contribution in [0.5, 0.6) is 5.75 Å². The molecule has 8 heteroatoms. The summed E-state index contributed by atoms with van der Waals surface area (Å²) in [6.45, 7) is 10.8. The number of carboxylic acid groups (broad SMARTS) is 1. The highest BCUT2D eigenvalue weighted by atomic mass is 35.5. The number of carbonyl (C=O) groups is 1. The maximum Gasteiger partial charge on any atom is 0.309 e. The van der Waals surface area contributed by atoms with Crippen molar-refractivity contribution in [3.63, 3.8) is 0 Å². The van der Waals surface area contributed by atoms with Crippen LogP contribution in [0.2, 0.25) is 5.02 Å². The Morgan fingerprint density at radius 1 is 1.00 bits per heavy atom. The minimum absolute atomic E-state index is 0.118. The van der Waals surface area contributed by atoms with Crippen molar-refractivity contribution < 1.29 is 19.0 Å². The van der Waals surface area contributed by atoms with Crippen molar-refractivity contribution in [3.05, 3.63) is 101 Å². The quantitative estimate of drug-likeness (QED) is 0.170. The molecule has 0 radical (unpaired) electrons. The molecule has 0 unspecified atom stereocenters. The minimum atomic E-state index is -0.969. The van der Waals surface area contributed by atoms with Crippen molar-refractivity contribution in [1.29, 1.82) is 0 Å². The highest BCUT2D eigenvalue weighted by Crippen LogP contribution is 2.44. The number of rotatable bonds is 9. The van der Waals surface area contributed by atoms with E-state index in [2.05, 4.69) is 30.3 Å². The van der Waals surface area contributed by atoms with E-state index < -0.39 is 11.4 Å². The van der Waals surface area contributed by atoms with Crippen LogP contribution in [-0.4, -0.2) is 25.4 Å². The van der Waals surface area contributed by atoms with Crippen LogP contribution in [0.15, 0.2) is 77.7 Å². The van der Waals surface area contributed by atoms with Gasteiger partial charge in [-0.3, -0.25) is 4.79 Å². The number of hydrogen-bond donors (Lipinski definition) is 1. The molecule has 5 aromatic rings. The fraction of sp³-hybridized carbons (Fsp3) is 0.294. The molecule has 5 rings (SSSR count). The van der Waals surface area contributed by atoms with Gasteiger partial charge in [0.05, 0.1) is 16.6 Å². The van der Waals surface area contributed by atoms with Crippen LogP contribution in [0.1, 0.15) is 51.6 Å². The number of ether oxygens (including phenoxy) is 1. The van der Waals surface area contributed by atoms with Crippen LogP contribution in [0, 0.1) is 11.2 Å². The summed E-state index contributed by atoms with van der Waals surface area (Å²) < 4.78 is 21.9. The molecule has 2 heterocycles. The number of pyridine rings is 1. The molecule has 3 aromatic carbocycles. The highest BCUT2D eigenvalue weighted by Gasteiger charge is 2.32. The fourth-order valence-electron chi connectivity index (χ4n) is 4.86. The molecule has 0 spiro atoms. The number of carboxylic acids is 1. The Morgan fingerprint density at radius 3 is 2.43 bits per heavy atom. The maximum atomic E-state index is 13.6. The molecule has 2 aromatic heterocycles. The van der Waals surface area contributed by atoms with E-state index in [4.69, 9.17) is 16.3 Å². The third kappa shape index (κ3) is 6.74. The van der Waals surface area contributed by atoms with Crippen LogP contribution in [0.25, 0.3) is 21.8 Å². The van der Waals surface area contributed by atoms with E-state index in [-0.39, 0.29) is 17.2 Å². The molecule has 0 saturated carbocycles. The van der Waals surface area contributed by atoms with Crippen LogP contribution >= 0.6 is 23.4 Å². The number of nitrogens with zero attached hydrogens (tertiary/aromatic N) is 2. The number of aliphatic carboxylic acids is 1. The van der Waals surface area contributed by atoms with E-state index in [1.165, 1.54) is 12.1 Å². The molecule has 218 valence electrons. The first kappa shape index (κ1) is 29.9. The van der Waals surface area contributed by atoms with Crippen molar-refractivity contribution in [3.8, 4) is 5.75 Å². The van der Waals surface area contributed by atoms with Crippen molar-refractivity contribution in [2.45, 2.75) is 63.8 Å². The Labute approximate surface area is 254 Å². The summed E-state index contributed by atoms with van der Waals surface area (Å²) in [5.74, 6) is -0.446. The van der Waals surface area contributed by atoms with Crippen molar-refractivity contribution in [2.24, 2.45) is 5.41 Å². The largest absolute Gasteiger partial charge is 0.487 e. The number of thioether (sulfide) groups is 1. The summed E-state index contributed by atoms with van der Waals surface area (Å²) in [7, 11) is 0. The van der Waals surface area contributed by atoms with Gasteiger partial charge in [0.15, 0.2) is 0 Å². The third-order valence-electron chi connectivity index (χ3n) is 7.04. The Morgan fingerprint density at radius 2 is 1.74 bits per heavy atom. The van der Waals surface area contributed by atoms with Gasteiger partial charge in [0.25, 0.3) is 0 Å². The Kier molecular flexibility index (Phi) is 8.28. The summed E-state index contributed by atoms with van der Waals surface area (Å²) in [4.78, 5) is 17.9. The molecule has 0 amide bonds. The lowest BCUT2D eigenvalue weighted by Gasteiger charge is -2.24. The topological polar surface area (TPSA) is 64.3 Å². The zero-order chi connectivity index (χ0) is 30.2. The lowest BCUT2D eigenvalue weighted by atomic mass is 9.88. The zero-order valence-electron chi connectivity index (χ0n) is 24.4. The summed E-state index contributed by atoms with van der Waals surface area (Å²) in [6.07, 6.45) is 0.362. The molecule has 0 aliphatic heterocycles. The van der Waals surface area contributed by atoms with Gasteiger partial charge in [0.1, 0.15) is 18.2 Å². The van der Waals surface area contributed by atoms with Crippen LogP contribution < -0.4 is 4.74 Å². The predicted molar refractivity (Wildman–Crippen MR) is 169 cm³/mol. The first-order valence-electron chi connectivity index (χ1n) is 13.8. The standard InChI is InChI=1S/C34H34ClFN2O3S/c1-33(2,3)42-31-27-17-26(41-20-25-12-8-22-16-24(36)11-14-28(22)37-25)13-15-29(27)38(19-21-6-9-23(35)10-7-21)30(31)18-34(4,5)32(39)40/h6-17H,18-20H2,1-5H3,(H,39,40). The SMILES string of the molecule is CC(C)(C)Sc1c(CC(C)(C)C(=O)O)n(Cc2ccc(Cl)cc2)c2ccc(OCc3ccc4cc(F)ccc4n3)cc12. The third-order valence-corrected chi connectivity index (χ3v) is 8.56. The molecule has 0 atom stereocenters.